The van der Waals surface area contributed by atoms with E-state index >= 15 is 0 Å². The summed E-state index contributed by atoms with van der Waals surface area (Å²) >= 11 is 0. The number of guanidine groups is 1. The van der Waals surface area contributed by atoms with Gasteiger partial charge in [-0.1, -0.05) is 0 Å². The summed E-state index contributed by atoms with van der Waals surface area (Å²) in [4.78, 5) is 32.2. The number of hydrogen-bond acceptors (Lipinski definition) is 4. The number of aliphatic imine (C=N–C) groups is 1. The van der Waals surface area contributed by atoms with Gasteiger partial charge >= 0.3 is 0 Å². The first-order chi connectivity index (χ1) is 13.5. The van der Waals surface area contributed by atoms with Crippen molar-refractivity contribution >= 4 is 29.1 Å². The number of carbonyl (C=O) groups is 2. The molecule has 0 spiro atoms. The van der Waals surface area contributed by atoms with Crippen LogP contribution in [0.2, 0.25) is 0 Å². The Morgan fingerprint density at radius 2 is 2.04 bits per heavy atom. The molecule has 28 heavy (non-hydrogen) atoms. The Morgan fingerprint density at radius 1 is 1.29 bits per heavy atom. The van der Waals surface area contributed by atoms with Crippen molar-refractivity contribution in [3.05, 3.63) is 42.5 Å². The number of piperazine rings is 1. The number of nitrogens with zero attached hydrogens (tertiary/aromatic N) is 5. The van der Waals surface area contributed by atoms with Gasteiger partial charge in [-0.15, -0.1) is 0 Å². The van der Waals surface area contributed by atoms with Crippen LogP contribution in [-0.2, 0) is 16.6 Å². The lowest BCUT2D eigenvalue weighted by Crippen LogP contribution is -2.56. The zero-order valence-electron chi connectivity index (χ0n) is 15.7. The van der Waals surface area contributed by atoms with Gasteiger partial charge in [0.2, 0.25) is 11.8 Å². The monoisotopic (exact) mass is 387 g/mol. The minimum absolute atomic E-state index is 0.0267. The highest BCUT2D eigenvalue weighted by Crippen LogP contribution is 2.16. The second-order valence-corrected chi connectivity index (χ2v) is 6.29. The molecular weight excluding hydrogens is 365 g/mol. The first kappa shape index (κ1) is 19.3. The van der Waals surface area contributed by atoms with Crippen LogP contribution in [0.3, 0.4) is 0 Å². The highest BCUT2D eigenvalue weighted by atomic mass is 19.1. The maximum atomic E-state index is 12.9. The zero-order chi connectivity index (χ0) is 20.1. The fourth-order valence-electron chi connectivity index (χ4n) is 2.90. The molecule has 1 aromatic carbocycles. The van der Waals surface area contributed by atoms with Crippen molar-refractivity contribution in [3.8, 4) is 0 Å². The lowest BCUT2D eigenvalue weighted by molar-refractivity contribution is -0.120. The van der Waals surface area contributed by atoms with Crippen LogP contribution >= 0.6 is 0 Å². The molecule has 0 saturated carbocycles. The summed E-state index contributed by atoms with van der Waals surface area (Å²) < 4.78 is 14.6. The zero-order valence-corrected chi connectivity index (χ0v) is 15.7. The summed E-state index contributed by atoms with van der Waals surface area (Å²) in [6.07, 6.45) is 3.45. The van der Waals surface area contributed by atoms with E-state index in [9.17, 15) is 14.0 Å². The van der Waals surface area contributed by atoms with Gasteiger partial charge in [-0.25, -0.2) is 4.39 Å². The lowest BCUT2D eigenvalue weighted by Gasteiger charge is -2.35. The van der Waals surface area contributed by atoms with Gasteiger partial charge < -0.3 is 20.4 Å². The van der Waals surface area contributed by atoms with Crippen LogP contribution in [0, 0.1) is 5.82 Å². The van der Waals surface area contributed by atoms with E-state index in [1.54, 1.807) is 41.0 Å². The van der Waals surface area contributed by atoms with Gasteiger partial charge in [0.1, 0.15) is 12.4 Å². The SMILES string of the molecule is CN=C(NCC(=O)Nc1ccc(F)cc1)N1CCN(c2cnn(C)c2)C(=O)C1. The van der Waals surface area contributed by atoms with E-state index in [-0.39, 0.29) is 30.7 Å². The molecule has 0 unspecified atom stereocenters. The molecule has 1 fully saturated rings. The Kier molecular flexibility index (Phi) is 5.87. The van der Waals surface area contributed by atoms with Crippen LogP contribution in [0.15, 0.2) is 41.7 Å². The Bertz CT molecular complexity index is 878. The number of amides is 2. The number of halogens is 1. The molecule has 0 radical (unpaired) electrons. The van der Waals surface area contributed by atoms with Crippen LogP contribution in [0.25, 0.3) is 0 Å². The van der Waals surface area contributed by atoms with E-state index < -0.39 is 0 Å². The molecule has 3 rings (SSSR count). The van der Waals surface area contributed by atoms with Crippen LogP contribution in [-0.4, -0.2) is 65.7 Å². The van der Waals surface area contributed by atoms with Crippen molar-refractivity contribution in [2.24, 2.45) is 12.0 Å². The van der Waals surface area contributed by atoms with Crippen molar-refractivity contribution in [2.75, 3.05) is 43.4 Å². The number of anilines is 2. The molecule has 148 valence electrons. The fourth-order valence-corrected chi connectivity index (χ4v) is 2.90. The molecule has 2 amide bonds. The molecule has 1 aliphatic rings. The van der Waals surface area contributed by atoms with E-state index in [1.807, 2.05) is 0 Å². The van der Waals surface area contributed by atoms with Crippen LogP contribution < -0.4 is 15.5 Å². The molecule has 2 aromatic rings. The van der Waals surface area contributed by atoms with Crippen LogP contribution in [0.4, 0.5) is 15.8 Å². The van der Waals surface area contributed by atoms with E-state index in [4.69, 9.17) is 0 Å². The predicted molar refractivity (Wildman–Crippen MR) is 104 cm³/mol. The molecule has 1 aromatic heterocycles. The number of aryl methyl sites for hydroxylation is 1. The maximum Gasteiger partial charge on any atom is 0.246 e. The van der Waals surface area contributed by atoms with Gasteiger partial charge in [-0.3, -0.25) is 19.3 Å². The van der Waals surface area contributed by atoms with Crippen molar-refractivity contribution in [1.82, 2.24) is 20.0 Å². The van der Waals surface area contributed by atoms with E-state index in [0.29, 0.717) is 24.7 Å². The van der Waals surface area contributed by atoms with Crippen molar-refractivity contribution in [2.45, 2.75) is 0 Å². The topological polar surface area (TPSA) is 94.9 Å². The second-order valence-electron chi connectivity index (χ2n) is 6.29. The number of aromatic nitrogens is 2. The van der Waals surface area contributed by atoms with Crippen LogP contribution in [0.5, 0.6) is 0 Å². The average Bonchev–Trinajstić information content (AvgIpc) is 3.10. The van der Waals surface area contributed by atoms with Gasteiger partial charge in [0.15, 0.2) is 5.96 Å². The van der Waals surface area contributed by atoms with Gasteiger partial charge in [-0.05, 0) is 24.3 Å². The van der Waals surface area contributed by atoms with Gasteiger partial charge in [0, 0.05) is 39.1 Å². The maximum absolute atomic E-state index is 12.9. The minimum atomic E-state index is -0.369. The van der Waals surface area contributed by atoms with Crippen molar-refractivity contribution in [1.29, 1.82) is 0 Å². The molecular formula is C18H22FN7O2. The van der Waals surface area contributed by atoms with E-state index in [1.165, 1.54) is 24.3 Å². The Balaban J connectivity index is 1.52. The third-order valence-corrected chi connectivity index (χ3v) is 4.27. The van der Waals surface area contributed by atoms with Crippen LogP contribution in [0.1, 0.15) is 0 Å². The van der Waals surface area contributed by atoms with Crippen molar-refractivity contribution < 1.29 is 14.0 Å². The first-order valence-electron chi connectivity index (χ1n) is 8.76. The summed E-state index contributed by atoms with van der Waals surface area (Å²) in [6.45, 7) is 1.18. The summed E-state index contributed by atoms with van der Waals surface area (Å²) in [6, 6.07) is 5.52. The molecule has 1 aliphatic heterocycles. The summed E-state index contributed by atoms with van der Waals surface area (Å²) in [5.74, 6) is -0.272. The molecule has 0 bridgehead atoms. The second kappa shape index (κ2) is 8.51. The number of nitrogens with one attached hydrogen (secondary N) is 2. The van der Waals surface area contributed by atoms with E-state index in [0.717, 1.165) is 5.69 Å². The summed E-state index contributed by atoms with van der Waals surface area (Å²) in [7, 11) is 3.39. The van der Waals surface area contributed by atoms with Crippen molar-refractivity contribution in [3.63, 3.8) is 0 Å². The van der Waals surface area contributed by atoms with Gasteiger partial charge in [0.05, 0.1) is 18.4 Å². The van der Waals surface area contributed by atoms with Gasteiger partial charge in [0.25, 0.3) is 0 Å². The molecule has 2 N–H and O–H groups in total. The molecule has 1 saturated heterocycles. The third-order valence-electron chi connectivity index (χ3n) is 4.27. The number of rotatable bonds is 4. The van der Waals surface area contributed by atoms with Gasteiger partial charge in [-0.2, -0.15) is 5.10 Å². The lowest BCUT2D eigenvalue weighted by atomic mass is 10.3. The highest BCUT2D eigenvalue weighted by Gasteiger charge is 2.27. The molecule has 9 nitrogen and oxygen atoms in total. The smallest absolute Gasteiger partial charge is 0.246 e. The Labute approximate surface area is 161 Å². The number of carbonyl (C=O) groups excluding carboxylic acids is 2. The number of benzene rings is 1. The molecule has 0 atom stereocenters. The quantitative estimate of drug-likeness (QED) is 0.586. The minimum Gasteiger partial charge on any atom is -0.347 e. The number of hydrogen-bond donors (Lipinski definition) is 2. The molecule has 0 aliphatic carbocycles. The third kappa shape index (κ3) is 4.64. The van der Waals surface area contributed by atoms with E-state index in [2.05, 4.69) is 20.7 Å². The summed E-state index contributed by atoms with van der Waals surface area (Å²) in [5, 5.41) is 9.71. The molecule has 10 heteroatoms. The predicted octanol–water partition coefficient (Wildman–Crippen LogP) is 0.422. The molecule has 2 heterocycles. The first-order valence-corrected chi connectivity index (χ1v) is 8.76. The Hall–Kier alpha value is -3.43. The highest BCUT2D eigenvalue weighted by molar-refractivity contribution is 5.99. The Morgan fingerprint density at radius 3 is 2.64 bits per heavy atom. The average molecular weight is 387 g/mol. The normalized spacial score (nSPS) is 15.0. The largest absolute Gasteiger partial charge is 0.347 e. The standard InChI is InChI=1S/C18H22FN7O2/c1-20-18(21-10-16(27)23-14-5-3-13(19)4-6-14)25-7-8-26(17(28)12-25)15-9-22-24(2)11-15/h3-6,9,11H,7-8,10,12H2,1-2H3,(H,20,21)(H,23,27). The summed E-state index contributed by atoms with van der Waals surface area (Å²) in [5.41, 5.74) is 1.26. The fraction of sp³-hybridized carbons (Fsp3) is 0.333.